The van der Waals surface area contributed by atoms with E-state index in [2.05, 4.69) is 14.5 Å². The van der Waals surface area contributed by atoms with Crippen LogP contribution < -0.4 is 0 Å². The number of benzene rings is 1. The van der Waals surface area contributed by atoms with E-state index in [-0.39, 0.29) is 11.4 Å². The quantitative estimate of drug-likeness (QED) is 0.723. The van der Waals surface area contributed by atoms with Crippen molar-refractivity contribution in [1.82, 2.24) is 14.5 Å². The molecule has 3 aromatic rings. The van der Waals surface area contributed by atoms with E-state index in [1.54, 1.807) is 24.7 Å². The zero-order valence-corrected chi connectivity index (χ0v) is 14.4. The van der Waals surface area contributed by atoms with Gasteiger partial charge in [-0.25, -0.2) is 9.37 Å². The first kappa shape index (κ1) is 15.8. The predicted octanol–water partition coefficient (Wildman–Crippen LogP) is 3.46. The fourth-order valence-corrected chi connectivity index (χ4v) is 4.09. The number of furan rings is 1. The fourth-order valence-electron chi connectivity index (χ4n) is 4.09. The Morgan fingerprint density at radius 2 is 2.19 bits per heavy atom. The molecule has 0 aliphatic carbocycles. The fraction of sp³-hybridized carbons (Fsp3) is 0.350. The molecule has 0 amide bonds. The summed E-state index contributed by atoms with van der Waals surface area (Å²) in [6, 6.07) is 8.69. The van der Waals surface area contributed by atoms with Gasteiger partial charge in [0.15, 0.2) is 0 Å². The summed E-state index contributed by atoms with van der Waals surface area (Å²) in [6.45, 7) is 3.98. The van der Waals surface area contributed by atoms with Gasteiger partial charge in [0, 0.05) is 30.8 Å². The van der Waals surface area contributed by atoms with Crippen molar-refractivity contribution in [2.24, 2.45) is 0 Å². The second-order valence-corrected chi connectivity index (χ2v) is 7.22. The molecular weight excluding hydrogens is 333 g/mol. The molecule has 1 saturated heterocycles. The highest BCUT2D eigenvalue weighted by Crippen LogP contribution is 2.35. The first-order valence-corrected chi connectivity index (χ1v) is 8.89. The van der Waals surface area contributed by atoms with Gasteiger partial charge in [0.2, 0.25) is 0 Å². The second kappa shape index (κ2) is 6.07. The molecule has 0 saturated carbocycles. The summed E-state index contributed by atoms with van der Waals surface area (Å²) in [5.74, 6) is 0.676. The third kappa shape index (κ3) is 2.75. The minimum absolute atomic E-state index is 0.209. The number of nitrogens with zero attached hydrogens (tertiary/aromatic N) is 3. The molecule has 0 bridgehead atoms. The van der Waals surface area contributed by atoms with Crippen LogP contribution in [-0.2, 0) is 24.4 Å². The largest absolute Gasteiger partial charge is 0.472 e. The van der Waals surface area contributed by atoms with Gasteiger partial charge >= 0.3 is 0 Å². The summed E-state index contributed by atoms with van der Waals surface area (Å²) in [5.41, 5.74) is 2.78. The molecule has 0 radical (unpaired) electrons. The number of hydrogen-bond acceptors (Lipinski definition) is 4. The number of aromatic nitrogens is 2. The summed E-state index contributed by atoms with van der Waals surface area (Å²) in [6.07, 6.45) is 6.31. The molecule has 1 unspecified atom stereocenters. The van der Waals surface area contributed by atoms with E-state index in [4.69, 9.17) is 9.15 Å². The number of likely N-dealkylation sites (tertiary alicyclic amines) is 1. The Bertz CT molecular complexity index is 921. The van der Waals surface area contributed by atoms with Crippen LogP contribution in [0.5, 0.6) is 0 Å². The summed E-state index contributed by atoms with van der Waals surface area (Å²) >= 11 is 0. The van der Waals surface area contributed by atoms with E-state index in [9.17, 15) is 4.39 Å². The number of imidazole rings is 1. The van der Waals surface area contributed by atoms with Crippen molar-refractivity contribution in [3.05, 3.63) is 66.3 Å². The highest BCUT2D eigenvalue weighted by Gasteiger charge is 2.43. The van der Waals surface area contributed by atoms with E-state index >= 15 is 0 Å². The average molecular weight is 353 g/mol. The van der Waals surface area contributed by atoms with Crippen molar-refractivity contribution in [1.29, 1.82) is 0 Å². The van der Waals surface area contributed by atoms with Gasteiger partial charge in [-0.3, -0.25) is 4.90 Å². The van der Waals surface area contributed by atoms with Gasteiger partial charge in [-0.15, -0.1) is 0 Å². The predicted molar refractivity (Wildman–Crippen MR) is 93.7 cm³/mol. The number of fused-ring (bicyclic) bond motifs is 1. The third-order valence-corrected chi connectivity index (χ3v) is 5.39. The SMILES string of the molecule is Fc1cccc(-c2cnc3n2CC2(CCN(Cc4ccoc4)C2)OC3)c1. The van der Waals surface area contributed by atoms with E-state index in [0.717, 1.165) is 49.7 Å². The topological polar surface area (TPSA) is 43.4 Å². The van der Waals surface area contributed by atoms with Crippen LogP contribution in [0.1, 0.15) is 17.8 Å². The van der Waals surface area contributed by atoms with Gasteiger partial charge in [-0.2, -0.15) is 0 Å². The van der Waals surface area contributed by atoms with Crippen molar-refractivity contribution in [3.8, 4) is 11.3 Å². The molecule has 2 aliphatic heterocycles. The van der Waals surface area contributed by atoms with E-state index in [1.165, 1.54) is 11.6 Å². The highest BCUT2D eigenvalue weighted by molar-refractivity contribution is 5.59. The van der Waals surface area contributed by atoms with Gasteiger partial charge in [0.05, 0.1) is 31.0 Å². The second-order valence-electron chi connectivity index (χ2n) is 7.22. The molecule has 0 N–H and O–H groups in total. The Kier molecular flexibility index (Phi) is 3.69. The minimum atomic E-state index is -0.230. The van der Waals surface area contributed by atoms with Crippen LogP contribution in [0.4, 0.5) is 4.39 Å². The third-order valence-electron chi connectivity index (χ3n) is 5.39. The first-order valence-electron chi connectivity index (χ1n) is 8.89. The van der Waals surface area contributed by atoms with Crippen LogP contribution in [0.2, 0.25) is 0 Å². The van der Waals surface area contributed by atoms with E-state index < -0.39 is 0 Å². The number of hydrogen-bond donors (Lipinski definition) is 0. The molecular formula is C20H20FN3O2. The van der Waals surface area contributed by atoms with Crippen molar-refractivity contribution >= 4 is 0 Å². The van der Waals surface area contributed by atoms with Crippen LogP contribution >= 0.6 is 0 Å². The molecule has 1 spiro atoms. The van der Waals surface area contributed by atoms with Crippen molar-refractivity contribution in [3.63, 3.8) is 0 Å². The first-order chi connectivity index (χ1) is 12.7. The maximum Gasteiger partial charge on any atom is 0.135 e. The average Bonchev–Trinajstić information content (AvgIpc) is 3.36. The molecule has 26 heavy (non-hydrogen) atoms. The molecule has 5 rings (SSSR count). The Morgan fingerprint density at radius 1 is 1.23 bits per heavy atom. The number of ether oxygens (including phenoxy) is 1. The summed E-state index contributed by atoms with van der Waals surface area (Å²) in [4.78, 5) is 6.88. The molecule has 2 aromatic heterocycles. The molecule has 5 nitrogen and oxygen atoms in total. The zero-order chi connectivity index (χ0) is 17.6. The van der Waals surface area contributed by atoms with Crippen LogP contribution in [0, 0.1) is 5.82 Å². The van der Waals surface area contributed by atoms with Crippen LogP contribution in [0.25, 0.3) is 11.3 Å². The molecule has 134 valence electrons. The molecule has 2 aliphatic rings. The Hall–Kier alpha value is -2.44. The highest BCUT2D eigenvalue weighted by atomic mass is 19.1. The van der Waals surface area contributed by atoms with E-state index in [1.807, 2.05) is 18.3 Å². The van der Waals surface area contributed by atoms with Crippen molar-refractivity contribution in [2.45, 2.75) is 31.7 Å². The lowest BCUT2D eigenvalue weighted by atomic mass is 10.0. The smallest absolute Gasteiger partial charge is 0.135 e. The standard InChI is InChI=1S/C20H20FN3O2/c21-17-3-1-2-16(8-17)18-9-22-19-12-26-20(14-24(18)19)5-6-23(13-20)10-15-4-7-25-11-15/h1-4,7-9,11H,5-6,10,12-14H2. The van der Waals surface area contributed by atoms with Crippen LogP contribution in [0.15, 0.2) is 53.5 Å². The van der Waals surface area contributed by atoms with E-state index in [0.29, 0.717) is 6.61 Å². The van der Waals surface area contributed by atoms with Gasteiger partial charge in [-0.1, -0.05) is 12.1 Å². The molecule has 1 atom stereocenters. The molecule has 1 fully saturated rings. The van der Waals surface area contributed by atoms with Crippen LogP contribution in [0.3, 0.4) is 0 Å². The minimum Gasteiger partial charge on any atom is -0.472 e. The number of halogens is 1. The monoisotopic (exact) mass is 353 g/mol. The summed E-state index contributed by atoms with van der Waals surface area (Å²) in [7, 11) is 0. The Balaban J connectivity index is 1.39. The van der Waals surface area contributed by atoms with Crippen molar-refractivity contribution in [2.75, 3.05) is 13.1 Å². The Labute approximate surface area is 151 Å². The lowest BCUT2D eigenvalue weighted by Gasteiger charge is -2.35. The lowest BCUT2D eigenvalue weighted by molar-refractivity contribution is -0.0821. The van der Waals surface area contributed by atoms with Gasteiger partial charge < -0.3 is 13.7 Å². The molecule has 4 heterocycles. The molecule has 1 aromatic carbocycles. The lowest BCUT2D eigenvalue weighted by Crippen LogP contribution is -2.44. The van der Waals surface area contributed by atoms with Crippen molar-refractivity contribution < 1.29 is 13.5 Å². The maximum absolute atomic E-state index is 13.6. The molecule has 6 heteroatoms. The van der Waals surface area contributed by atoms with Crippen LogP contribution in [-0.4, -0.2) is 33.1 Å². The summed E-state index contributed by atoms with van der Waals surface area (Å²) in [5, 5.41) is 0. The Morgan fingerprint density at radius 3 is 3.04 bits per heavy atom. The van der Waals surface area contributed by atoms with Gasteiger partial charge in [0.1, 0.15) is 23.8 Å². The summed E-state index contributed by atoms with van der Waals surface area (Å²) < 4.78 is 27.3. The zero-order valence-electron chi connectivity index (χ0n) is 14.4. The van der Waals surface area contributed by atoms with Gasteiger partial charge in [0.25, 0.3) is 0 Å². The maximum atomic E-state index is 13.6. The number of rotatable bonds is 3. The normalized spacial score (nSPS) is 22.8. The van der Waals surface area contributed by atoms with Gasteiger partial charge in [-0.05, 0) is 24.6 Å².